The average molecular weight is 220 g/mol. The Balaban J connectivity index is 3.08. The van der Waals surface area contributed by atoms with Crippen molar-refractivity contribution in [3.63, 3.8) is 0 Å². The van der Waals surface area contributed by atoms with Gasteiger partial charge >= 0.3 is 5.97 Å². The van der Waals surface area contributed by atoms with Crippen LogP contribution in [0.4, 0.5) is 0 Å². The fourth-order valence-electron chi connectivity index (χ4n) is 1.43. The molecule has 0 heterocycles. The highest BCUT2D eigenvalue weighted by molar-refractivity contribution is 5.99. The van der Waals surface area contributed by atoms with Crippen LogP contribution in [-0.2, 0) is 4.74 Å². The third-order valence-electron chi connectivity index (χ3n) is 2.38. The zero-order valence-corrected chi connectivity index (χ0v) is 9.87. The van der Waals surface area contributed by atoms with Crippen molar-refractivity contribution < 1.29 is 14.3 Å². The molecule has 3 heteroatoms. The van der Waals surface area contributed by atoms with Crippen molar-refractivity contribution in [1.29, 1.82) is 0 Å². The molecular weight excluding hydrogens is 204 g/mol. The Labute approximate surface area is 95.4 Å². The predicted octanol–water partition coefficient (Wildman–Crippen LogP) is 2.76. The van der Waals surface area contributed by atoms with Crippen LogP contribution >= 0.6 is 0 Å². The highest BCUT2D eigenvalue weighted by atomic mass is 16.5. The van der Waals surface area contributed by atoms with Crippen LogP contribution in [0.2, 0.25) is 0 Å². The number of esters is 1. The predicted molar refractivity (Wildman–Crippen MR) is 61.8 cm³/mol. The van der Waals surface area contributed by atoms with E-state index in [2.05, 4.69) is 0 Å². The largest absolute Gasteiger partial charge is 0.462 e. The number of ketones is 1. The van der Waals surface area contributed by atoms with E-state index in [4.69, 9.17) is 4.74 Å². The molecule has 0 aliphatic heterocycles. The lowest BCUT2D eigenvalue weighted by Gasteiger charge is -2.07. The van der Waals surface area contributed by atoms with Gasteiger partial charge in [0.1, 0.15) is 0 Å². The summed E-state index contributed by atoms with van der Waals surface area (Å²) >= 11 is 0. The first kappa shape index (κ1) is 12.4. The molecule has 0 atom stereocenters. The summed E-state index contributed by atoms with van der Waals surface area (Å²) in [5.74, 6) is -0.337. The van der Waals surface area contributed by atoms with E-state index in [-0.39, 0.29) is 11.8 Å². The van der Waals surface area contributed by atoms with Crippen LogP contribution in [0.5, 0.6) is 0 Å². The number of carbonyl (C=O) groups is 2. The van der Waals surface area contributed by atoms with E-state index in [0.717, 1.165) is 5.56 Å². The molecule has 0 unspecified atom stereocenters. The molecule has 0 aliphatic carbocycles. The maximum atomic E-state index is 11.6. The topological polar surface area (TPSA) is 43.4 Å². The standard InChI is InChI=1S/C13H16O3/c1-4-12(14)10-7-6-9(3)11(8-10)13(15)16-5-2/h6-8H,4-5H2,1-3H3. The molecule has 0 saturated heterocycles. The van der Waals surface area contributed by atoms with Crippen LogP contribution in [0.1, 0.15) is 46.5 Å². The Kier molecular flexibility index (Phi) is 4.23. The van der Waals surface area contributed by atoms with Gasteiger partial charge < -0.3 is 4.74 Å². The van der Waals surface area contributed by atoms with Crippen molar-refractivity contribution >= 4 is 11.8 Å². The van der Waals surface area contributed by atoms with Gasteiger partial charge in [0.25, 0.3) is 0 Å². The van der Waals surface area contributed by atoms with E-state index in [1.165, 1.54) is 0 Å². The summed E-state index contributed by atoms with van der Waals surface area (Å²) < 4.78 is 4.93. The zero-order valence-electron chi connectivity index (χ0n) is 9.87. The van der Waals surface area contributed by atoms with Crippen molar-refractivity contribution in [2.75, 3.05) is 6.61 Å². The molecule has 0 radical (unpaired) electrons. The average Bonchev–Trinajstić information content (AvgIpc) is 2.29. The van der Waals surface area contributed by atoms with Crippen molar-refractivity contribution in [3.05, 3.63) is 34.9 Å². The van der Waals surface area contributed by atoms with Crippen molar-refractivity contribution in [2.45, 2.75) is 27.2 Å². The Bertz CT molecular complexity index is 408. The molecule has 16 heavy (non-hydrogen) atoms. The summed E-state index contributed by atoms with van der Waals surface area (Å²) in [7, 11) is 0. The van der Waals surface area contributed by atoms with E-state index in [0.29, 0.717) is 24.2 Å². The zero-order chi connectivity index (χ0) is 12.1. The Morgan fingerprint density at radius 3 is 2.50 bits per heavy atom. The minimum absolute atomic E-state index is 0.0329. The second-order valence-electron chi connectivity index (χ2n) is 3.53. The smallest absolute Gasteiger partial charge is 0.338 e. The normalized spacial score (nSPS) is 9.94. The SMILES string of the molecule is CCOC(=O)c1cc(C(=O)CC)ccc1C. The van der Waals surface area contributed by atoms with Gasteiger partial charge in [-0.3, -0.25) is 4.79 Å². The fourth-order valence-corrected chi connectivity index (χ4v) is 1.43. The minimum atomic E-state index is -0.370. The molecular formula is C13H16O3. The highest BCUT2D eigenvalue weighted by Gasteiger charge is 2.12. The molecule has 86 valence electrons. The molecule has 0 bridgehead atoms. The maximum Gasteiger partial charge on any atom is 0.338 e. The van der Waals surface area contributed by atoms with Crippen LogP contribution in [0.3, 0.4) is 0 Å². The number of rotatable bonds is 4. The number of ether oxygens (including phenoxy) is 1. The monoisotopic (exact) mass is 220 g/mol. The molecule has 0 saturated carbocycles. The number of hydrogen-bond donors (Lipinski definition) is 0. The van der Waals surface area contributed by atoms with Crippen molar-refractivity contribution in [3.8, 4) is 0 Å². The van der Waals surface area contributed by atoms with Gasteiger partial charge in [-0.15, -0.1) is 0 Å². The van der Waals surface area contributed by atoms with Crippen LogP contribution < -0.4 is 0 Å². The van der Waals surface area contributed by atoms with Crippen LogP contribution in [0, 0.1) is 6.92 Å². The third kappa shape index (κ3) is 2.69. The highest BCUT2D eigenvalue weighted by Crippen LogP contribution is 2.14. The second kappa shape index (κ2) is 5.45. The molecule has 0 aromatic heterocycles. The van der Waals surface area contributed by atoms with E-state index >= 15 is 0 Å². The Morgan fingerprint density at radius 2 is 1.94 bits per heavy atom. The Hall–Kier alpha value is -1.64. The molecule has 0 spiro atoms. The van der Waals surface area contributed by atoms with Crippen molar-refractivity contribution in [2.24, 2.45) is 0 Å². The van der Waals surface area contributed by atoms with Gasteiger partial charge in [0, 0.05) is 12.0 Å². The maximum absolute atomic E-state index is 11.6. The van der Waals surface area contributed by atoms with E-state index in [1.807, 2.05) is 6.92 Å². The van der Waals surface area contributed by atoms with Crippen LogP contribution in [0.25, 0.3) is 0 Å². The molecule has 0 N–H and O–H groups in total. The summed E-state index contributed by atoms with van der Waals surface area (Å²) in [4.78, 5) is 23.1. The summed E-state index contributed by atoms with van der Waals surface area (Å²) in [5, 5.41) is 0. The van der Waals surface area contributed by atoms with Gasteiger partial charge in [0.15, 0.2) is 5.78 Å². The van der Waals surface area contributed by atoms with Gasteiger partial charge in [0.2, 0.25) is 0 Å². The first-order chi connectivity index (χ1) is 7.60. The third-order valence-corrected chi connectivity index (χ3v) is 2.38. The van der Waals surface area contributed by atoms with Gasteiger partial charge in [-0.05, 0) is 25.5 Å². The first-order valence-corrected chi connectivity index (χ1v) is 5.41. The van der Waals surface area contributed by atoms with Gasteiger partial charge in [-0.2, -0.15) is 0 Å². The number of carbonyl (C=O) groups excluding carboxylic acids is 2. The lowest BCUT2D eigenvalue weighted by Crippen LogP contribution is -2.08. The molecule has 1 aromatic carbocycles. The van der Waals surface area contributed by atoms with E-state index < -0.39 is 0 Å². The van der Waals surface area contributed by atoms with Crippen molar-refractivity contribution in [1.82, 2.24) is 0 Å². The van der Waals surface area contributed by atoms with Crippen LogP contribution in [-0.4, -0.2) is 18.4 Å². The lowest BCUT2D eigenvalue weighted by atomic mass is 10.0. The summed E-state index contributed by atoms with van der Waals surface area (Å²) in [6, 6.07) is 5.12. The fraction of sp³-hybridized carbons (Fsp3) is 0.385. The van der Waals surface area contributed by atoms with Crippen LogP contribution in [0.15, 0.2) is 18.2 Å². The molecule has 0 amide bonds. The molecule has 1 aromatic rings. The quantitative estimate of drug-likeness (QED) is 0.579. The molecule has 3 nitrogen and oxygen atoms in total. The number of hydrogen-bond acceptors (Lipinski definition) is 3. The second-order valence-corrected chi connectivity index (χ2v) is 3.53. The summed E-state index contributed by atoms with van der Waals surface area (Å²) in [6.45, 7) is 5.72. The minimum Gasteiger partial charge on any atom is -0.462 e. The summed E-state index contributed by atoms with van der Waals surface area (Å²) in [5.41, 5.74) is 1.86. The summed E-state index contributed by atoms with van der Waals surface area (Å²) in [6.07, 6.45) is 0.436. The number of benzene rings is 1. The van der Waals surface area contributed by atoms with E-state index in [1.54, 1.807) is 32.0 Å². The lowest BCUT2D eigenvalue weighted by molar-refractivity contribution is 0.0525. The molecule has 1 rings (SSSR count). The van der Waals surface area contributed by atoms with Gasteiger partial charge in [-0.1, -0.05) is 19.1 Å². The number of Topliss-reactive ketones (excluding diaryl/α,β-unsaturated/α-hetero) is 1. The van der Waals surface area contributed by atoms with Gasteiger partial charge in [0.05, 0.1) is 12.2 Å². The van der Waals surface area contributed by atoms with E-state index in [9.17, 15) is 9.59 Å². The molecule has 0 fully saturated rings. The first-order valence-electron chi connectivity index (χ1n) is 5.41. The molecule has 0 aliphatic rings. The number of aryl methyl sites for hydroxylation is 1. The van der Waals surface area contributed by atoms with Gasteiger partial charge in [-0.25, -0.2) is 4.79 Å². The Morgan fingerprint density at radius 1 is 1.25 bits per heavy atom.